The van der Waals surface area contributed by atoms with E-state index in [1.54, 1.807) is 25.7 Å². The van der Waals surface area contributed by atoms with Gasteiger partial charge in [0.15, 0.2) is 26.2 Å². The lowest BCUT2D eigenvalue weighted by Gasteiger charge is -2.40. The van der Waals surface area contributed by atoms with E-state index in [-0.39, 0.29) is 115 Å². The van der Waals surface area contributed by atoms with Crippen molar-refractivity contribution in [2.45, 2.75) is 198 Å². The van der Waals surface area contributed by atoms with Crippen LogP contribution in [-0.4, -0.2) is 293 Å². The SMILES string of the molecule is CC(C)OCCN(CCCP(C)(=O)OCCN(CCOP(=O)(O)OCCN(CCO)C(=O)CCCCCO[C@@H]1OC(CO)[C@H](O)[C@H](O)C1C)C(=O)CCCCCO[C@@H]1OC(CO)[C@H](O)[C@H](O)C1C)C(=O)CCCCCO[C@@H]1OC(CO)[C@H](O)[C@H](O)C1C. The Morgan fingerprint density at radius 1 is 0.448 bits per heavy atom. The lowest BCUT2D eigenvalue weighted by atomic mass is 9.92. The zero-order chi connectivity index (χ0) is 64.7. The van der Waals surface area contributed by atoms with Crippen molar-refractivity contribution in [1.29, 1.82) is 0 Å². The normalized spacial score (nSPS) is 29.1. The number of amides is 3. The molecule has 0 saturated carbocycles. The van der Waals surface area contributed by atoms with Gasteiger partial charge in [-0.05, 0) is 58.8 Å². The summed E-state index contributed by atoms with van der Waals surface area (Å²) in [5, 5.41) is 99.4. The van der Waals surface area contributed by atoms with Crippen molar-refractivity contribution in [3.05, 3.63) is 0 Å². The van der Waals surface area contributed by atoms with Crippen LogP contribution in [0.4, 0.5) is 0 Å². The molecule has 3 aliphatic heterocycles. The minimum atomic E-state index is -4.74. The molecule has 87 heavy (non-hydrogen) atoms. The van der Waals surface area contributed by atoms with Crippen LogP contribution in [0.15, 0.2) is 0 Å². The van der Waals surface area contributed by atoms with Gasteiger partial charge in [-0.25, -0.2) is 4.57 Å². The molecule has 8 unspecified atom stereocenters. The summed E-state index contributed by atoms with van der Waals surface area (Å²) in [6, 6.07) is 0. The molecule has 11 N–H and O–H groups in total. The predicted molar refractivity (Wildman–Crippen MR) is 313 cm³/mol. The zero-order valence-electron chi connectivity index (χ0n) is 51.9. The van der Waals surface area contributed by atoms with Gasteiger partial charge in [-0.1, -0.05) is 40.0 Å². The molecule has 0 aromatic heterocycles. The van der Waals surface area contributed by atoms with Crippen molar-refractivity contribution >= 4 is 32.9 Å². The first-order valence-corrected chi connectivity index (χ1v) is 34.7. The third-order valence-corrected chi connectivity index (χ3v) is 18.6. The van der Waals surface area contributed by atoms with E-state index < -0.39 is 140 Å². The summed E-state index contributed by atoms with van der Waals surface area (Å²) >= 11 is 0. The summed E-state index contributed by atoms with van der Waals surface area (Å²) in [5.74, 6) is -2.44. The number of aliphatic hydroxyl groups excluding tert-OH is 10. The Morgan fingerprint density at radius 2 is 0.782 bits per heavy atom. The number of hydrogen-bond donors (Lipinski definition) is 11. The van der Waals surface area contributed by atoms with Gasteiger partial charge in [-0.2, -0.15) is 0 Å². The summed E-state index contributed by atoms with van der Waals surface area (Å²) in [7, 11) is -8.04. The monoisotopic (exact) mass is 1300 g/mol. The maximum Gasteiger partial charge on any atom is 0.472 e. The molecule has 0 aromatic carbocycles. The maximum atomic E-state index is 13.8. The van der Waals surface area contributed by atoms with Gasteiger partial charge in [-0.15, -0.1) is 0 Å². The highest BCUT2D eigenvalue weighted by Crippen LogP contribution is 2.44. The van der Waals surface area contributed by atoms with Gasteiger partial charge in [0.2, 0.25) is 17.7 Å². The molecular weight excluding hydrogens is 1190 g/mol. The van der Waals surface area contributed by atoms with Crippen LogP contribution < -0.4 is 0 Å². The first-order valence-electron chi connectivity index (χ1n) is 30.9. The standard InChI is InChI=1S/C56H107N3O26P2/c1-38(2)76-30-22-57(45(64)17-10-7-13-27-77-54-39(3)48(67)51(70)42(35-61)83-54)20-16-34-86(6,73)80-31-23-59(47(66)19-12-9-15-29-79-56-41(5)50(69)53(72)44(37-63)85-56)25-33-82-87(74,75)81-32-24-58(21-26-60)46(65)18-11-8-14-28-78-55-40(4)49(68)52(71)43(36-62)84-55/h38-44,48-56,60-63,67-72H,7-37H2,1-6H3,(H,74,75)/t39?,40?,41?,42?,43?,44?,48-,49-,50-,51+,52+,53+,54-,55-,56-,86?/m1/s1. The molecule has 3 rings (SSSR count). The van der Waals surface area contributed by atoms with Crippen LogP contribution in [0.5, 0.6) is 0 Å². The number of aliphatic hydroxyl groups is 10. The van der Waals surface area contributed by atoms with Crippen LogP contribution in [0.2, 0.25) is 0 Å². The molecule has 29 nitrogen and oxygen atoms in total. The summed E-state index contributed by atoms with van der Waals surface area (Å²) in [6.07, 6.45) is -7.10. The molecule has 3 saturated heterocycles. The van der Waals surface area contributed by atoms with Crippen molar-refractivity contribution in [2.75, 3.05) is 125 Å². The maximum absolute atomic E-state index is 13.8. The summed E-state index contributed by atoms with van der Waals surface area (Å²) < 4.78 is 83.0. The van der Waals surface area contributed by atoms with Gasteiger partial charge >= 0.3 is 7.82 Å². The molecule has 3 heterocycles. The lowest BCUT2D eigenvalue weighted by Crippen LogP contribution is -2.55. The van der Waals surface area contributed by atoms with Crippen LogP contribution in [0.3, 0.4) is 0 Å². The third-order valence-electron chi connectivity index (χ3n) is 15.7. The number of phosphoric acid groups is 1. The number of carbonyl (C=O) groups excluding carboxylic acids is 3. The zero-order valence-corrected chi connectivity index (χ0v) is 53.7. The molecule has 31 heteroatoms. The number of hydrogen-bond acceptors (Lipinski definition) is 25. The van der Waals surface area contributed by atoms with E-state index in [1.807, 2.05) is 13.8 Å². The Morgan fingerprint density at radius 3 is 1.13 bits per heavy atom. The highest BCUT2D eigenvalue weighted by Gasteiger charge is 2.45. The molecule has 0 bridgehead atoms. The highest BCUT2D eigenvalue weighted by molar-refractivity contribution is 7.58. The Hall–Kier alpha value is -1.97. The molecule has 3 amide bonds. The second kappa shape index (κ2) is 42.3. The smallest absolute Gasteiger partial charge is 0.395 e. The van der Waals surface area contributed by atoms with E-state index in [9.17, 15) is 79.5 Å². The van der Waals surface area contributed by atoms with Gasteiger partial charge in [0.25, 0.3) is 0 Å². The highest BCUT2D eigenvalue weighted by atomic mass is 31.2. The first-order chi connectivity index (χ1) is 41.3. The Balaban J connectivity index is 1.50. The van der Waals surface area contributed by atoms with Crippen LogP contribution >= 0.6 is 15.2 Å². The average molecular weight is 1300 g/mol. The molecule has 512 valence electrons. The van der Waals surface area contributed by atoms with Gasteiger partial charge < -0.3 is 108 Å². The van der Waals surface area contributed by atoms with Gasteiger partial charge in [0.1, 0.15) is 36.6 Å². The molecule has 0 aliphatic carbocycles. The molecule has 3 aliphatic rings. The first kappa shape index (κ1) is 79.3. The van der Waals surface area contributed by atoms with Crippen LogP contribution in [0.1, 0.15) is 118 Å². The molecule has 0 spiro atoms. The van der Waals surface area contributed by atoms with Crippen molar-refractivity contribution in [2.24, 2.45) is 17.8 Å². The molecule has 0 aromatic rings. The summed E-state index contributed by atoms with van der Waals surface area (Å²) in [6.45, 7) is 8.44. The Kier molecular flexibility index (Phi) is 38.5. The van der Waals surface area contributed by atoms with E-state index in [4.69, 9.17) is 46.7 Å². The fraction of sp³-hybridized carbons (Fsp3) is 0.946. The molecular formula is C56H107N3O26P2. The second-order valence-corrected chi connectivity index (χ2v) is 27.3. The largest absolute Gasteiger partial charge is 0.472 e. The van der Waals surface area contributed by atoms with E-state index in [1.165, 1.54) is 16.5 Å². The quantitative estimate of drug-likeness (QED) is 0.0288. The minimum absolute atomic E-state index is 0.0418. The molecule has 3 fully saturated rings. The molecule has 17 atom stereocenters. The van der Waals surface area contributed by atoms with E-state index >= 15 is 0 Å². The Labute approximate surface area is 512 Å². The number of rotatable bonds is 46. The predicted octanol–water partition coefficient (Wildman–Crippen LogP) is 0.294. The van der Waals surface area contributed by atoms with Crippen molar-refractivity contribution in [3.63, 3.8) is 0 Å². The van der Waals surface area contributed by atoms with Crippen molar-refractivity contribution in [1.82, 2.24) is 14.7 Å². The van der Waals surface area contributed by atoms with E-state index in [2.05, 4.69) is 0 Å². The fourth-order valence-electron chi connectivity index (χ4n) is 10.1. The number of ether oxygens (including phenoxy) is 7. The van der Waals surface area contributed by atoms with Gasteiger partial charge in [-0.3, -0.25) is 28.0 Å². The van der Waals surface area contributed by atoms with Gasteiger partial charge in [0.05, 0.1) is 77.3 Å². The van der Waals surface area contributed by atoms with E-state index in [0.29, 0.717) is 77.4 Å². The minimum Gasteiger partial charge on any atom is -0.395 e. The van der Waals surface area contributed by atoms with Crippen molar-refractivity contribution in [3.8, 4) is 0 Å². The van der Waals surface area contributed by atoms with E-state index in [0.717, 1.165) is 0 Å². The summed E-state index contributed by atoms with van der Waals surface area (Å²) in [5.41, 5.74) is 0. The Bertz CT molecular complexity index is 2000. The van der Waals surface area contributed by atoms with Crippen LogP contribution in [0.25, 0.3) is 0 Å². The third kappa shape index (κ3) is 28.8. The second-order valence-electron chi connectivity index (χ2n) is 23.1. The lowest BCUT2D eigenvalue weighted by molar-refractivity contribution is -0.282. The summed E-state index contributed by atoms with van der Waals surface area (Å²) in [4.78, 5) is 55.1. The van der Waals surface area contributed by atoms with Gasteiger partial charge in [0, 0.05) is 109 Å². The van der Waals surface area contributed by atoms with Crippen LogP contribution in [0, 0.1) is 17.8 Å². The topological polar surface area (TPSA) is 410 Å². The number of carbonyl (C=O) groups is 3. The van der Waals surface area contributed by atoms with Crippen molar-refractivity contribution < 1.29 is 126 Å². The number of unbranched alkanes of at least 4 members (excludes halogenated alkanes) is 6. The number of nitrogens with zero attached hydrogens (tertiary/aromatic N) is 3. The fourth-order valence-corrected chi connectivity index (χ4v) is 12.1. The van der Waals surface area contributed by atoms with Crippen LogP contribution in [-0.2, 0) is 70.2 Å². The average Bonchev–Trinajstić information content (AvgIpc) is 2.03. The molecule has 0 radical (unpaired) electrons. The number of phosphoric ester groups is 1.